The summed E-state index contributed by atoms with van der Waals surface area (Å²) in [5.74, 6) is 2.02. The number of nitrogens with one attached hydrogen (secondary N) is 2. The van der Waals surface area contributed by atoms with Crippen molar-refractivity contribution in [3.05, 3.63) is 71.8 Å². The van der Waals surface area contributed by atoms with E-state index < -0.39 is 0 Å². The van der Waals surface area contributed by atoms with Crippen LogP contribution >= 0.6 is 0 Å². The molecule has 0 amide bonds. The third kappa shape index (κ3) is 4.65. The summed E-state index contributed by atoms with van der Waals surface area (Å²) < 4.78 is 0. The Bertz CT molecular complexity index is 720. The average molecular weight is 403 g/mol. The topological polar surface area (TPSA) is 24.1 Å². The van der Waals surface area contributed by atoms with Gasteiger partial charge in [-0.2, -0.15) is 0 Å². The molecule has 4 saturated carbocycles. The minimum atomic E-state index is 0.632. The molecule has 0 heterocycles. The Morgan fingerprint density at radius 2 is 1.07 bits per heavy atom. The lowest BCUT2D eigenvalue weighted by molar-refractivity contribution is -0.116. The number of rotatable bonds is 10. The van der Waals surface area contributed by atoms with Crippen molar-refractivity contribution in [3.8, 4) is 0 Å². The molecule has 0 saturated heterocycles. The molecule has 2 heteroatoms. The maximum atomic E-state index is 3.75. The first-order chi connectivity index (χ1) is 14.7. The highest BCUT2D eigenvalue weighted by Gasteiger charge is 2.56. The molecule has 4 bridgehead atoms. The first-order valence-electron chi connectivity index (χ1n) is 12.2. The van der Waals surface area contributed by atoms with Crippen molar-refractivity contribution in [1.82, 2.24) is 10.6 Å². The molecule has 2 aromatic carbocycles. The summed E-state index contributed by atoms with van der Waals surface area (Å²) in [4.78, 5) is 0. The van der Waals surface area contributed by atoms with E-state index in [4.69, 9.17) is 0 Å². The normalized spacial score (nSPS) is 31.9. The van der Waals surface area contributed by atoms with E-state index in [1.165, 1.54) is 75.6 Å². The largest absolute Gasteiger partial charge is 0.313 e. The second-order valence-electron chi connectivity index (χ2n) is 10.8. The van der Waals surface area contributed by atoms with E-state index in [0.29, 0.717) is 10.8 Å². The highest BCUT2D eigenvalue weighted by molar-refractivity contribution is 5.15. The molecule has 0 unspecified atom stereocenters. The van der Waals surface area contributed by atoms with Crippen molar-refractivity contribution in [2.75, 3.05) is 13.1 Å². The second-order valence-corrected chi connectivity index (χ2v) is 10.8. The SMILES string of the molecule is c1ccc(CNCCC23CC4CC(C2)CC(CCNCc2ccccc2)(C4)C3)cc1. The molecule has 0 aliphatic heterocycles. The van der Waals surface area contributed by atoms with Gasteiger partial charge in [0.05, 0.1) is 0 Å². The monoisotopic (exact) mass is 402 g/mol. The Balaban J connectivity index is 1.13. The summed E-state index contributed by atoms with van der Waals surface area (Å²) in [6.45, 7) is 4.38. The zero-order chi connectivity index (χ0) is 20.3. The average Bonchev–Trinajstić information content (AvgIpc) is 2.75. The molecule has 0 atom stereocenters. The lowest BCUT2D eigenvalue weighted by atomic mass is 9.43. The zero-order valence-corrected chi connectivity index (χ0v) is 18.4. The van der Waals surface area contributed by atoms with Crippen LogP contribution in [-0.2, 0) is 13.1 Å². The van der Waals surface area contributed by atoms with Crippen LogP contribution in [-0.4, -0.2) is 13.1 Å². The minimum absolute atomic E-state index is 0.632. The lowest BCUT2D eigenvalue weighted by Gasteiger charge is -2.63. The van der Waals surface area contributed by atoms with Gasteiger partial charge in [-0.05, 0) is 98.2 Å². The molecule has 2 aromatic rings. The van der Waals surface area contributed by atoms with Gasteiger partial charge in [-0.3, -0.25) is 0 Å². The third-order valence-electron chi connectivity index (χ3n) is 8.31. The van der Waals surface area contributed by atoms with Crippen LogP contribution in [0.4, 0.5) is 0 Å². The quantitative estimate of drug-likeness (QED) is 0.481. The summed E-state index contributed by atoms with van der Waals surface area (Å²) in [6.07, 6.45) is 11.8. The van der Waals surface area contributed by atoms with E-state index in [-0.39, 0.29) is 0 Å². The Morgan fingerprint density at radius 1 is 0.633 bits per heavy atom. The van der Waals surface area contributed by atoms with Gasteiger partial charge in [0, 0.05) is 13.1 Å². The van der Waals surface area contributed by atoms with Gasteiger partial charge in [-0.1, -0.05) is 60.7 Å². The first-order valence-corrected chi connectivity index (χ1v) is 12.2. The highest BCUT2D eigenvalue weighted by Crippen LogP contribution is 2.67. The van der Waals surface area contributed by atoms with Crippen molar-refractivity contribution in [1.29, 1.82) is 0 Å². The van der Waals surface area contributed by atoms with Crippen molar-refractivity contribution >= 4 is 0 Å². The van der Waals surface area contributed by atoms with Crippen LogP contribution in [0, 0.1) is 22.7 Å². The molecule has 4 aliphatic rings. The molecule has 4 aliphatic carbocycles. The van der Waals surface area contributed by atoms with Crippen LogP contribution in [0.15, 0.2) is 60.7 Å². The zero-order valence-electron chi connectivity index (χ0n) is 18.4. The fraction of sp³-hybridized carbons (Fsp3) is 0.571. The van der Waals surface area contributed by atoms with Crippen LogP contribution in [0.2, 0.25) is 0 Å². The fourth-order valence-electron chi connectivity index (χ4n) is 7.60. The van der Waals surface area contributed by atoms with E-state index in [9.17, 15) is 0 Å². The fourth-order valence-corrected chi connectivity index (χ4v) is 7.60. The van der Waals surface area contributed by atoms with Crippen LogP contribution in [0.1, 0.15) is 62.5 Å². The minimum Gasteiger partial charge on any atom is -0.313 e. The molecule has 0 aromatic heterocycles. The van der Waals surface area contributed by atoms with Crippen LogP contribution in [0.25, 0.3) is 0 Å². The van der Waals surface area contributed by atoms with E-state index in [1.807, 2.05) is 0 Å². The van der Waals surface area contributed by atoms with Crippen molar-refractivity contribution in [2.45, 2.75) is 64.5 Å². The molecule has 2 N–H and O–H groups in total. The Hall–Kier alpha value is -1.64. The molecule has 160 valence electrons. The predicted molar refractivity (Wildman–Crippen MR) is 125 cm³/mol. The first kappa shape index (κ1) is 20.3. The molecule has 2 nitrogen and oxygen atoms in total. The molecule has 30 heavy (non-hydrogen) atoms. The Labute approximate surface area is 182 Å². The standard InChI is InChI=1S/C28H38N2/c1-3-7-23(8-4-1)20-29-13-11-27-16-25-15-26(17-27)19-28(18-25,22-27)12-14-30-21-24-9-5-2-6-10-24/h1-10,25-26,29-30H,11-22H2. The van der Waals surface area contributed by atoms with Gasteiger partial charge in [-0.15, -0.1) is 0 Å². The van der Waals surface area contributed by atoms with Crippen LogP contribution < -0.4 is 10.6 Å². The molecule has 0 radical (unpaired) electrons. The van der Waals surface area contributed by atoms with E-state index in [0.717, 1.165) is 24.9 Å². The lowest BCUT2D eigenvalue weighted by Crippen LogP contribution is -2.53. The van der Waals surface area contributed by atoms with Crippen LogP contribution in [0.3, 0.4) is 0 Å². The maximum absolute atomic E-state index is 3.75. The second kappa shape index (κ2) is 8.85. The number of hydrogen-bond acceptors (Lipinski definition) is 2. The summed E-state index contributed by atoms with van der Waals surface area (Å²) in [5.41, 5.74) is 4.08. The molecule has 4 fully saturated rings. The Morgan fingerprint density at radius 3 is 1.50 bits per heavy atom. The highest BCUT2D eigenvalue weighted by atomic mass is 14.9. The number of hydrogen-bond donors (Lipinski definition) is 2. The maximum Gasteiger partial charge on any atom is 0.0205 e. The van der Waals surface area contributed by atoms with Gasteiger partial charge in [0.15, 0.2) is 0 Å². The van der Waals surface area contributed by atoms with E-state index in [1.54, 1.807) is 0 Å². The van der Waals surface area contributed by atoms with Gasteiger partial charge < -0.3 is 10.6 Å². The van der Waals surface area contributed by atoms with Crippen molar-refractivity contribution in [2.24, 2.45) is 22.7 Å². The van der Waals surface area contributed by atoms with Crippen molar-refractivity contribution in [3.63, 3.8) is 0 Å². The van der Waals surface area contributed by atoms with Crippen molar-refractivity contribution < 1.29 is 0 Å². The summed E-state index contributed by atoms with van der Waals surface area (Å²) in [7, 11) is 0. The molecule has 0 spiro atoms. The van der Waals surface area contributed by atoms with Gasteiger partial charge in [-0.25, -0.2) is 0 Å². The molecule has 6 rings (SSSR count). The summed E-state index contributed by atoms with van der Waals surface area (Å²) in [6, 6.07) is 21.7. The van der Waals surface area contributed by atoms with Gasteiger partial charge in [0.25, 0.3) is 0 Å². The predicted octanol–water partition coefficient (Wildman–Crippen LogP) is 5.93. The van der Waals surface area contributed by atoms with Gasteiger partial charge in [0.1, 0.15) is 0 Å². The third-order valence-corrected chi connectivity index (χ3v) is 8.31. The van der Waals surface area contributed by atoms with Gasteiger partial charge in [0.2, 0.25) is 0 Å². The van der Waals surface area contributed by atoms with Gasteiger partial charge >= 0.3 is 0 Å². The van der Waals surface area contributed by atoms with Crippen LogP contribution in [0.5, 0.6) is 0 Å². The summed E-state index contributed by atoms with van der Waals surface area (Å²) >= 11 is 0. The smallest absolute Gasteiger partial charge is 0.0205 e. The molecular formula is C28H38N2. The Kier molecular flexibility index (Phi) is 5.98. The summed E-state index contributed by atoms with van der Waals surface area (Å²) in [5, 5.41) is 7.49. The van der Waals surface area contributed by atoms with E-state index >= 15 is 0 Å². The van der Waals surface area contributed by atoms with E-state index in [2.05, 4.69) is 71.3 Å². The molecular weight excluding hydrogens is 364 g/mol. The number of benzene rings is 2.